The van der Waals surface area contributed by atoms with E-state index in [4.69, 9.17) is 10.8 Å². The van der Waals surface area contributed by atoms with Gasteiger partial charge in [0.25, 0.3) is 0 Å². The van der Waals surface area contributed by atoms with E-state index in [-0.39, 0.29) is 0 Å². The van der Waals surface area contributed by atoms with Gasteiger partial charge in [0.1, 0.15) is 0 Å². The molecule has 4 heteroatoms. The molecule has 0 aromatic carbocycles. The lowest BCUT2D eigenvalue weighted by atomic mass is 10.1. The third-order valence-electron chi connectivity index (χ3n) is 1.62. The smallest absolute Gasteiger partial charge is 0.0647 e. The number of aromatic amines is 1. The van der Waals surface area contributed by atoms with Gasteiger partial charge in [0.2, 0.25) is 0 Å². The molecular formula is C9H12N4. The minimum atomic E-state index is 0.373. The summed E-state index contributed by atoms with van der Waals surface area (Å²) < 4.78 is 0. The van der Waals surface area contributed by atoms with Crippen molar-refractivity contribution in [3.05, 3.63) is 29.6 Å². The van der Waals surface area contributed by atoms with Crippen LogP contribution < -0.4 is 0 Å². The molecule has 0 aliphatic rings. The molecule has 0 atom stereocenters. The molecule has 1 aromatic heterocycles. The summed E-state index contributed by atoms with van der Waals surface area (Å²) in [4.78, 5) is 0. The number of hydrogen-bond donors (Lipinski definition) is 3. The molecular weight excluding hydrogens is 164 g/mol. The first kappa shape index (κ1) is 9.38. The molecule has 0 saturated carbocycles. The molecule has 1 heterocycles. The molecule has 0 aliphatic carbocycles. The molecule has 13 heavy (non-hydrogen) atoms. The van der Waals surface area contributed by atoms with E-state index >= 15 is 0 Å². The topological polar surface area (TPSA) is 76.4 Å². The lowest BCUT2D eigenvalue weighted by Gasteiger charge is -1.94. The van der Waals surface area contributed by atoms with Gasteiger partial charge in [0.15, 0.2) is 0 Å². The second kappa shape index (κ2) is 3.80. The van der Waals surface area contributed by atoms with Gasteiger partial charge in [-0.3, -0.25) is 5.10 Å². The maximum Gasteiger partial charge on any atom is 0.0647 e. The molecule has 0 radical (unpaired) electrons. The summed E-state index contributed by atoms with van der Waals surface area (Å²) in [6.45, 7) is 3.54. The van der Waals surface area contributed by atoms with Crippen LogP contribution in [0, 0.1) is 17.7 Å². The van der Waals surface area contributed by atoms with Crippen LogP contribution in [0.15, 0.2) is 18.3 Å². The summed E-state index contributed by atoms with van der Waals surface area (Å²) in [7, 11) is 0. The van der Waals surface area contributed by atoms with Crippen LogP contribution >= 0.6 is 0 Å². The number of hydrogen-bond acceptors (Lipinski definition) is 3. The summed E-state index contributed by atoms with van der Waals surface area (Å²) in [6.07, 6.45) is 4.80. The number of aryl methyl sites for hydroxylation is 1. The van der Waals surface area contributed by atoms with E-state index in [0.717, 1.165) is 11.3 Å². The van der Waals surface area contributed by atoms with E-state index in [9.17, 15) is 0 Å². The number of nitrogens with one attached hydrogen (secondary N) is 3. The summed E-state index contributed by atoms with van der Waals surface area (Å²) in [5.74, 6) is 0. The predicted molar refractivity (Wildman–Crippen MR) is 52.7 cm³/mol. The lowest BCUT2D eigenvalue weighted by molar-refractivity contribution is 1.05. The van der Waals surface area contributed by atoms with Gasteiger partial charge >= 0.3 is 0 Å². The zero-order chi connectivity index (χ0) is 9.84. The van der Waals surface area contributed by atoms with Crippen LogP contribution in [0.4, 0.5) is 0 Å². The minimum Gasteiger partial charge on any atom is -0.306 e. The second-order valence-electron chi connectivity index (χ2n) is 2.84. The van der Waals surface area contributed by atoms with E-state index < -0.39 is 0 Å². The van der Waals surface area contributed by atoms with Gasteiger partial charge in [-0.1, -0.05) is 0 Å². The number of aromatic nitrogens is 2. The first-order valence-corrected chi connectivity index (χ1v) is 3.93. The van der Waals surface area contributed by atoms with Crippen molar-refractivity contribution in [1.29, 1.82) is 10.8 Å². The maximum atomic E-state index is 7.64. The van der Waals surface area contributed by atoms with Gasteiger partial charge in [-0.15, -0.1) is 0 Å². The molecule has 1 rings (SSSR count). The first-order chi connectivity index (χ1) is 6.11. The summed E-state index contributed by atoms with van der Waals surface area (Å²) in [5, 5.41) is 21.4. The SMILES string of the molecule is CC(=N)/C=C\C(=N)c1cn[nH]c1C. The minimum absolute atomic E-state index is 0.373. The van der Waals surface area contributed by atoms with Crippen molar-refractivity contribution in [1.82, 2.24) is 10.2 Å². The molecule has 68 valence electrons. The number of H-pyrrole nitrogens is 1. The van der Waals surface area contributed by atoms with E-state index in [0.29, 0.717) is 11.4 Å². The third-order valence-corrected chi connectivity index (χ3v) is 1.62. The Morgan fingerprint density at radius 2 is 2.15 bits per heavy atom. The summed E-state index contributed by atoms with van der Waals surface area (Å²) in [6, 6.07) is 0. The Balaban J connectivity index is 2.81. The number of nitrogens with zero attached hydrogens (tertiary/aromatic N) is 1. The Morgan fingerprint density at radius 1 is 1.46 bits per heavy atom. The third kappa shape index (κ3) is 2.37. The lowest BCUT2D eigenvalue weighted by Crippen LogP contribution is -1.95. The van der Waals surface area contributed by atoms with Gasteiger partial charge < -0.3 is 10.8 Å². The molecule has 0 spiro atoms. The quantitative estimate of drug-likeness (QED) is 0.602. The van der Waals surface area contributed by atoms with Crippen LogP contribution in [0.1, 0.15) is 18.2 Å². The van der Waals surface area contributed by atoms with Crippen molar-refractivity contribution in [2.75, 3.05) is 0 Å². The van der Waals surface area contributed by atoms with Crippen molar-refractivity contribution in [3.8, 4) is 0 Å². The average Bonchev–Trinajstić information content (AvgIpc) is 2.47. The normalized spacial score (nSPS) is 10.6. The zero-order valence-corrected chi connectivity index (χ0v) is 7.68. The van der Waals surface area contributed by atoms with Gasteiger partial charge in [-0.05, 0) is 26.0 Å². The predicted octanol–water partition coefficient (Wildman–Crippen LogP) is 1.68. The second-order valence-corrected chi connectivity index (χ2v) is 2.84. The first-order valence-electron chi connectivity index (χ1n) is 3.93. The fraction of sp³-hybridized carbons (Fsp3) is 0.222. The fourth-order valence-electron chi connectivity index (χ4n) is 0.920. The van der Waals surface area contributed by atoms with Gasteiger partial charge in [0.05, 0.1) is 11.9 Å². The standard InChI is InChI=1S/C9H12N4/c1-6(10)3-4-9(11)8-5-12-13-7(8)2/h3-5,10-11H,1-2H3,(H,12,13)/b4-3-,10-6?,11-9?. The molecule has 0 fully saturated rings. The van der Waals surface area contributed by atoms with Crippen molar-refractivity contribution < 1.29 is 0 Å². The molecule has 0 saturated heterocycles. The van der Waals surface area contributed by atoms with E-state index in [2.05, 4.69) is 10.2 Å². The number of rotatable bonds is 3. The molecule has 0 amide bonds. The molecule has 0 bridgehead atoms. The number of allylic oxidation sites excluding steroid dienone is 2. The molecule has 4 nitrogen and oxygen atoms in total. The van der Waals surface area contributed by atoms with Crippen LogP contribution in [0.3, 0.4) is 0 Å². The Kier molecular flexibility index (Phi) is 2.74. The molecule has 0 aliphatic heterocycles. The zero-order valence-electron chi connectivity index (χ0n) is 7.68. The monoisotopic (exact) mass is 176 g/mol. The van der Waals surface area contributed by atoms with Crippen LogP contribution in [-0.2, 0) is 0 Å². The fourth-order valence-corrected chi connectivity index (χ4v) is 0.920. The van der Waals surface area contributed by atoms with Gasteiger partial charge in [-0.2, -0.15) is 5.10 Å². The van der Waals surface area contributed by atoms with E-state index in [1.807, 2.05) is 6.92 Å². The Morgan fingerprint density at radius 3 is 2.62 bits per heavy atom. The van der Waals surface area contributed by atoms with Crippen LogP contribution in [0.5, 0.6) is 0 Å². The van der Waals surface area contributed by atoms with E-state index in [1.54, 1.807) is 25.3 Å². The van der Waals surface area contributed by atoms with Crippen molar-refractivity contribution >= 4 is 11.4 Å². The van der Waals surface area contributed by atoms with Crippen molar-refractivity contribution in [2.24, 2.45) is 0 Å². The van der Waals surface area contributed by atoms with Crippen LogP contribution in [0.25, 0.3) is 0 Å². The van der Waals surface area contributed by atoms with Crippen molar-refractivity contribution in [2.45, 2.75) is 13.8 Å². The highest BCUT2D eigenvalue weighted by atomic mass is 15.1. The van der Waals surface area contributed by atoms with Crippen LogP contribution in [0.2, 0.25) is 0 Å². The van der Waals surface area contributed by atoms with Crippen molar-refractivity contribution in [3.63, 3.8) is 0 Å². The molecule has 3 N–H and O–H groups in total. The summed E-state index contributed by atoms with van der Waals surface area (Å²) >= 11 is 0. The van der Waals surface area contributed by atoms with Crippen LogP contribution in [-0.4, -0.2) is 21.6 Å². The maximum absolute atomic E-state index is 7.64. The highest BCUT2D eigenvalue weighted by Gasteiger charge is 2.02. The molecule has 1 aromatic rings. The Hall–Kier alpha value is -1.71. The average molecular weight is 176 g/mol. The highest BCUT2D eigenvalue weighted by Crippen LogP contribution is 2.04. The largest absolute Gasteiger partial charge is 0.306 e. The molecule has 0 unspecified atom stereocenters. The van der Waals surface area contributed by atoms with Gasteiger partial charge in [-0.25, -0.2) is 0 Å². The van der Waals surface area contributed by atoms with E-state index in [1.165, 1.54) is 0 Å². The van der Waals surface area contributed by atoms with Gasteiger partial charge in [0, 0.05) is 17.0 Å². The Bertz CT molecular complexity index is 359. The highest BCUT2D eigenvalue weighted by molar-refractivity contribution is 6.10. The summed E-state index contributed by atoms with van der Waals surface area (Å²) in [5.41, 5.74) is 2.46. The Labute approximate surface area is 76.7 Å².